The summed E-state index contributed by atoms with van der Waals surface area (Å²) in [7, 11) is -4.36. The van der Waals surface area contributed by atoms with Gasteiger partial charge in [-0.25, -0.2) is 9.94 Å². The molecular formula is C25H20N8O8S2. The van der Waals surface area contributed by atoms with Gasteiger partial charge in [0.15, 0.2) is 23.0 Å². The number of aromatic hydroxyl groups is 2. The first-order valence-corrected chi connectivity index (χ1v) is 14.1. The summed E-state index contributed by atoms with van der Waals surface area (Å²) in [4.78, 5) is 3.69. The number of phenols is 1. The molecule has 0 atom stereocenters. The molecule has 0 radical (unpaired) electrons. The predicted octanol–water partition coefficient (Wildman–Crippen LogP) is 6.23. The number of pyridine rings is 1. The molecule has 5 rings (SSSR count). The molecule has 0 aliphatic rings. The van der Waals surface area contributed by atoms with E-state index >= 15 is 0 Å². The van der Waals surface area contributed by atoms with E-state index in [4.69, 9.17) is 11.0 Å². The highest BCUT2D eigenvalue weighted by molar-refractivity contribution is 7.94. The average Bonchev–Trinajstić information content (AvgIpc) is 3.27. The lowest BCUT2D eigenvalue weighted by atomic mass is 10.1. The van der Waals surface area contributed by atoms with Gasteiger partial charge in [0, 0.05) is 11.6 Å². The Kier molecular flexibility index (Phi) is 8.30. The molecule has 0 amide bonds. The van der Waals surface area contributed by atoms with Gasteiger partial charge in [0.2, 0.25) is 0 Å². The topological polar surface area (TPSA) is 240 Å². The van der Waals surface area contributed by atoms with E-state index < -0.39 is 10.1 Å². The zero-order chi connectivity index (χ0) is 30.7. The van der Waals surface area contributed by atoms with E-state index in [1.54, 1.807) is 31.2 Å². The fraction of sp³-hybridized carbons (Fsp3) is 0.0400. The summed E-state index contributed by atoms with van der Waals surface area (Å²) < 4.78 is 37.8. The van der Waals surface area contributed by atoms with Crippen molar-refractivity contribution in [2.45, 2.75) is 16.7 Å². The number of nitrogen functional groups attached to an aromatic ring is 1. The highest BCUT2D eigenvalue weighted by Gasteiger charge is 2.17. The molecule has 2 heterocycles. The first kappa shape index (κ1) is 29.5. The Labute approximate surface area is 246 Å². The van der Waals surface area contributed by atoms with Crippen molar-refractivity contribution in [2.24, 2.45) is 20.5 Å². The number of aromatic nitrogens is 3. The second-order valence-corrected chi connectivity index (χ2v) is 10.8. The zero-order valence-corrected chi connectivity index (χ0v) is 23.4. The molecule has 0 aliphatic carbocycles. The van der Waals surface area contributed by atoms with Gasteiger partial charge in [0.25, 0.3) is 10.1 Å². The van der Waals surface area contributed by atoms with E-state index in [-0.39, 0.29) is 44.2 Å². The van der Waals surface area contributed by atoms with E-state index in [1.807, 2.05) is 0 Å². The fourth-order valence-corrected chi connectivity index (χ4v) is 4.88. The minimum Gasteiger partial charge on any atom is -0.505 e. The summed E-state index contributed by atoms with van der Waals surface area (Å²) in [5.74, 6) is -0.361. The summed E-state index contributed by atoms with van der Waals surface area (Å²) in [5, 5.41) is 55.0. The molecule has 220 valence electrons. The summed E-state index contributed by atoms with van der Waals surface area (Å²) in [6, 6.07) is 13.1. The maximum absolute atomic E-state index is 11.3. The van der Waals surface area contributed by atoms with E-state index in [0.717, 1.165) is 0 Å². The number of benzene rings is 3. The Morgan fingerprint density at radius 3 is 2.42 bits per heavy atom. The first-order valence-electron chi connectivity index (χ1n) is 11.9. The van der Waals surface area contributed by atoms with E-state index in [0.29, 0.717) is 39.9 Å². The molecule has 6 N–H and O–H groups in total. The van der Waals surface area contributed by atoms with Gasteiger partial charge in [0.1, 0.15) is 11.4 Å². The van der Waals surface area contributed by atoms with E-state index in [9.17, 15) is 23.2 Å². The second kappa shape index (κ2) is 12.1. The van der Waals surface area contributed by atoms with Crippen LogP contribution in [0.4, 0.5) is 28.6 Å². The molecule has 0 saturated heterocycles. The zero-order valence-electron chi connectivity index (χ0n) is 21.8. The molecule has 43 heavy (non-hydrogen) atoms. The van der Waals surface area contributed by atoms with Crippen molar-refractivity contribution in [3.05, 3.63) is 72.7 Å². The molecule has 2 aromatic heterocycles. The Bertz CT molecular complexity index is 2000. The standard InChI is InChI=1S/C25H20N8O8S2/c1-13-22(25(26)33(32-13)16-3-5-17(6-4-16)43(37,38)39)30-28-15-2-7-18-14(10-15)11-21(42-41-40-36)23(24(18)35)31-29-19-8-9-27-12-20(19)34/h2-12,34-36H,26H2,1H3,(H,37,38,39). The van der Waals surface area contributed by atoms with Gasteiger partial charge >= 0.3 is 0 Å². The Balaban J connectivity index is 1.48. The molecule has 0 bridgehead atoms. The van der Waals surface area contributed by atoms with Gasteiger partial charge in [-0.1, -0.05) is 5.04 Å². The predicted molar refractivity (Wildman–Crippen MR) is 153 cm³/mol. The molecule has 18 heteroatoms. The number of nitrogens with zero attached hydrogens (tertiary/aromatic N) is 7. The van der Waals surface area contributed by atoms with Crippen LogP contribution in [-0.4, -0.2) is 43.2 Å². The van der Waals surface area contributed by atoms with Crippen LogP contribution in [0.15, 0.2) is 97.2 Å². The number of nitrogens with two attached hydrogens (primary N) is 1. The Hall–Kier alpha value is -4.98. The summed E-state index contributed by atoms with van der Waals surface area (Å²) in [6.07, 6.45) is 2.60. The monoisotopic (exact) mass is 624 g/mol. The van der Waals surface area contributed by atoms with Crippen molar-refractivity contribution in [1.82, 2.24) is 14.8 Å². The van der Waals surface area contributed by atoms with Crippen molar-refractivity contribution < 1.29 is 37.8 Å². The van der Waals surface area contributed by atoms with Gasteiger partial charge in [-0.15, -0.1) is 19.7 Å². The van der Waals surface area contributed by atoms with Crippen LogP contribution in [0.2, 0.25) is 0 Å². The smallest absolute Gasteiger partial charge is 0.294 e. The third kappa shape index (κ3) is 6.28. The molecular weight excluding hydrogens is 604 g/mol. The average molecular weight is 625 g/mol. The van der Waals surface area contributed by atoms with Gasteiger partial charge in [-0.05, 0) is 66.9 Å². The summed E-state index contributed by atoms with van der Waals surface area (Å²) in [5.41, 5.74) is 7.85. The van der Waals surface area contributed by atoms with Crippen molar-refractivity contribution in [1.29, 1.82) is 0 Å². The van der Waals surface area contributed by atoms with E-state index in [1.165, 1.54) is 47.4 Å². The van der Waals surface area contributed by atoms with Crippen LogP contribution in [0.3, 0.4) is 0 Å². The normalized spacial score (nSPS) is 12.2. The molecule has 0 spiro atoms. The molecule has 0 aliphatic heterocycles. The molecule has 5 aromatic rings. The number of phenolic OH excluding ortho intramolecular Hbond substituents is 1. The van der Waals surface area contributed by atoms with Crippen LogP contribution in [0, 0.1) is 6.92 Å². The molecule has 0 saturated carbocycles. The number of hydrogen-bond donors (Lipinski definition) is 5. The van der Waals surface area contributed by atoms with Crippen molar-refractivity contribution >= 4 is 61.5 Å². The number of fused-ring (bicyclic) bond motifs is 1. The van der Waals surface area contributed by atoms with Crippen LogP contribution >= 0.6 is 12.0 Å². The van der Waals surface area contributed by atoms with Gasteiger partial charge < -0.3 is 15.9 Å². The molecule has 3 aromatic carbocycles. The van der Waals surface area contributed by atoms with Gasteiger partial charge in [-0.3, -0.25) is 9.54 Å². The van der Waals surface area contributed by atoms with Crippen LogP contribution in [-0.2, 0) is 19.5 Å². The van der Waals surface area contributed by atoms with Crippen LogP contribution in [0.25, 0.3) is 16.5 Å². The first-order chi connectivity index (χ1) is 20.6. The lowest BCUT2D eigenvalue weighted by Gasteiger charge is -2.09. The highest BCUT2D eigenvalue weighted by Crippen LogP contribution is 2.45. The second-order valence-electron chi connectivity index (χ2n) is 8.67. The number of aryl methyl sites for hydroxylation is 1. The lowest BCUT2D eigenvalue weighted by Crippen LogP contribution is -2.03. The third-order valence-electron chi connectivity index (χ3n) is 5.93. The highest BCUT2D eigenvalue weighted by atomic mass is 32.2. The van der Waals surface area contributed by atoms with Crippen molar-refractivity contribution in [3.63, 3.8) is 0 Å². The minimum absolute atomic E-state index is 0.0272. The maximum Gasteiger partial charge on any atom is 0.294 e. The van der Waals surface area contributed by atoms with Crippen molar-refractivity contribution in [3.8, 4) is 17.2 Å². The number of azo groups is 2. The SMILES string of the molecule is Cc1nn(-c2ccc(S(=O)(=O)O)cc2)c(N)c1N=Nc1ccc2c(O)c(N=Nc3ccncc3O)c(SOOO)cc2c1. The molecule has 0 unspecified atom stereocenters. The Morgan fingerprint density at radius 1 is 0.977 bits per heavy atom. The largest absolute Gasteiger partial charge is 0.505 e. The molecule has 0 fully saturated rings. The van der Waals surface area contributed by atoms with Crippen molar-refractivity contribution in [2.75, 3.05) is 5.73 Å². The quantitative estimate of drug-likeness (QED) is 0.0403. The van der Waals surface area contributed by atoms with Crippen LogP contribution in [0.1, 0.15) is 5.69 Å². The molecule has 16 nitrogen and oxygen atoms in total. The number of rotatable bonds is 9. The fourth-order valence-electron chi connectivity index (χ4n) is 3.90. The minimum atomic E-state index is -4.36. The summed E-state index contributed by atoms with van der Waals surface area (Å²) >= 11 is 0.549. The summed E-state index contributed by atoms with van der Waals surface area (Å²) in [6.45, 7) is 1.67. The Morgan fingerprint density at radius 2 is 1.72 bits per heavy atom. The van der Waals surface area contributed by atoms with E-state index in [2.05, 4.69) is 39.9 Å². The van der Waals surface area contributed by atoms with Gasteiger partial charge in [0.05, 0.1) is 45.1 Å². The maximum atomic E-state index is 11.3. The van der Waals surface area contributed by atoms with Gasteiger partial charge in [-0.2, -0.15) is 18.6 Å². The number of hydrogen-bond acceptors (Lipinski definition) is 15. The van der Waals surface area contributed by atoms with Crippen LogP contribution < -0.4 is 5.73 Å². The third-order valence-corrected chi connectivity index (χ3v) is 7.42. The lowest BCUT2D eigenvalue weighted by molar-refractivity contribution is -0.432. The number of anilines is 1. The van der Waals surface area contributed by atoms with Crippen LogP contribution in [0.5, 0.6) is 11.5 Å².